The molecule has 4 rings (SSSR count). The molecule has 0 unspecified atom stereocenters. The molecule has 1 aliphatic heterocycles. The smallest absolute Gasteiger partial charge is 0.263 e. The molecular formula is C17H10ClN3O3S2. The lowest BCUT2D eigenvalue weighted by atomic mass is 10.1. The van der Waals surface area contributed by atoms with E-state index in [1.165, 1.54) is 18.9 Å². The third kappa shape index (κ3) is 3.07. The molecule has 6 nitrogen and oxygen atoms in total. The van der Waals surface area contributed by atoms with Crippen molar-refractivity contribution in [2.45, 2.75) is 0 Å². The number of carbonyl (C=O) groups is 1. The van der Waals surface area contributed by atoms with Gasteiger partial charge in [0.15, 0.2) is 10.9 Å². The third-order valence-electron chi connectivity index (χ3n) is 3.69. The predicted octanol–water partition coefficient (Wildman–Crippen LogP) is 4.04. The Morgan fingerprint density at radius 3 is 2.92 bits per heavy atom. The molecule has 130 valence electrons. The Labute approximate surface area is 162 Å². The van der Waals surface area contributed by atoms with Crippen molar-refractivity contribution in [3.05, 3.63) is 46.5 Å². The SMILES string of the molecule is COc1cc(-c2cncc3cc(C=C4SC(=S)NC4=O)oc23)cnc1Cl. The summed E-state index contributed by atoms with van der Waals surface area (Å²) in [5, 5.41) is 3.65. The number of furan rings is 1. The van der Waals surface area contributed by atoms with Crippen molar-refractivity contribution in [2.75, 3.05) is 7.11 Å². The lowest BCUT2D eigenvalue weighted by Crippen LogP contribution is -2.17. The summed E-state index contributed by atoms with van der Waals surface area (Å²) in [5.74, 6) is 0.763. The summed E-state index contributed by atoms with van der Waals surface area (Å²) in [4.78, 5) is 20.7. The molecule has 0 aliphatic carbocycles. The van der Waals surface area contributed by atoms with Gasteiger partial charge in [-0.15, -0.1) is 0 Å². The fraction of sp³-hybridized carbons (Fsp3) is 0.0588. The average molecular weight is 404 g/mol. The minimum absolute atomic E-state index is 0.231. The van der Waals surface area contributed by atoms with Crippen molar-refractivity contribution in [1.82, 2.24) is 15.3 Å². The maximum absolute atomic E-state index is 11.8. The molecule has 3 aromatic heterocycles. The molecule has 1 saturated heterocycles. The summed E-state index contributed by atoms with van der Waals surface area (Å²) in [6.07, 6.45) is 6.65. The van der Waals surface area contributed by atoms with Gasteiger partial charge < -0.3 is 14.5 Å². The van der Waals surface area contributed by atoms with E-state index in [4.69, 9.17) is 33.0 Å². The second-order valence-corrected chi connectivity index (χ2v) is 7.40. The highest BCUT2D eigenvalue weighted by Crippen LogP contribution is 2.34. The molecule has 1 fully saturated rings. The van der Waals surface area contributed by atoms with Crippen LogP contribution >= 0.6 is 35.6 Å². The second kappa shape index (κ2) is 6.71. The van der Waals surface area contributed by atoms with E-state index in [1.807, 2.05) is 6.07 Å². The number of halogens is 1. The Morgan fingerprint density at radius 2 is 2.19 bits per heavy atom. The number of carbonyl (C=O) groups excluding carboxylic acids is 1. The molecule has 1 aliphatic rings. The molecule has 3 aromatic rings. The van der Waals surface area contributed by atoms with E-state index in [0.717, 1.165) is 16.5 Å². The lowest BCUT2D eigenvalue weighted by Gasteiger charge is -2.06. The van der Waals surface area contributed by atoms with Crippen molar-refractivity contribution >= 4 is 62.9 Å². The fourth-order valence-corrected chi connectivity index (χ4v) is 3.73. The molecule has 0 spiro atoms. The Morgan fingerprint density at radius 1 is 1.35 bits per heavy atom. The number of hydrogen-bond acceptors (Lipinski definition) is 7. The molecule has 26 heavy (non-hydrogen) atoms. The van der Waals surface area contributed by atoms with Gasteiger partial charge in [0.1, 0.15) is 15.7 Å². The first-order chi connectivity index (χ1) is 12.5. The summed E-state index contributed by atoms with van der Waals surface area (Å²) in [6, 6.07) is 3.58. The second-order valence-electron chi connectivity index (χ2n) is 5.32. The quantitative estimate of drug-likeness (QED) is 0.401. The van der Waals surface area contributed by atoms with Gasteiger partial charge in [-0.2, -0.15) is 0 Å². The molecule has 0 saturated carbocycles. The van der Waals surface area contributed by atoms with Gasteiger partial charge >= 0.3 is 0 Å². The number of thiocarbonyl (C=S) groups is 1. The van der Waals surface area contributed by atoms with Gasteiger partial charge in [0.2, 0.25) is 0 Å². The predicted molar refractivity (Wildman–Crippen MR) is 105 cm³/mol. The number of amides is 1. The third-order valence-corrected chi connectivity index (χ3v) is 5.14. The van der Waals surface area contributed by atoms with Crippen LogP contribution in [0.15, 0.2) is 40.0 Å². The van der Waals surface area contributed by atoms with Crippen LogP contribution in [-0.2, 0) is 4.79 Å². The van der Waals surface area contributed by atoms with Crippen LogP contribution in [-0.4, -0.2) is 27.3 Å². The number of hydrogen-bond donors (Lipinski definition) is 1. The van der Waals surface area contributed by atoms with Crippen molar-refractivity contribution in [3.63, 3.8) is 0 Å². The van der Waals surface area contributed by atoms with E-state index in [-0.39, 0.29) is 11.1 Å². The molecule has 0 aromatic carbocycles. The standard InChI is InChI=1S/C17H10ClN3O3S2/c1-23-12-3-8(6-20-15(12)18)11-7-19-5-9-2-10(24-14(9)11)4-13-16(22)21-17(25)26-13/h2-7H,1H3,(H,21,22,25). The normalized spacial score (nSPS) is 15.7. The van der Waals surface area contributed by atoms with Crippen LogP contribution in [0.4, 0.5) is 0 Å². The van der Waals surface area contributed by atoms with E-state index in [1.54, 1.807) is 30.7 Å². The number of nitrogens with zero attached hydrogens (tertiary/aromatic N) is 2. The Balaban J connectivity index is 1.81. The zero-order valence-corrected chi connectivity index (χ0v) is 15.7. The highest BCUT2D eigenvalue weighted by molar-refractivity contribution is 8.26. The summed E-state index contributed by atoms with van der Waals surface area (Å²) < 4.78 is 11.6. The first-order valence-electron chi connectivity index (χ1n) is 7.37. The van der Waals surface area contributed by atoms with Crippen LogP contribution in [0.25, 0.3) is 28.2 Å². The number of thioether (sulfide) groups is 1. The molecule has 0 bridgehead atoms. The van der Waals surface area contributed by atoms with Crippen LogP contribution in [0.1, 0.15) is 5.76 Å². The highest BCUT2D eigenvalue weighted by atomic mass is 35.5. The van der Waals surface area contributed by atoms with E-state index >= 15 is 0 Å². The van der Waals surface area contributed by atoms with Gasteiger partial charge in [-0.25, -0.2) is 4.98 Å². The van der Waals surface area contributed by atoms with Gasteiger partial charge in [0.05, 0.1) is 12.0 Å². The number of rotatable bonds is 3. The van der Waals surface area contributed by atoms with Gasteiger partial charge in [-0.1, -0.05) is 35.6 Å². The first kappa shape index (κ1) is 17.0. The van der Waals surface area contributed by atoms with E-state index in [2.05, 4.69) is 15.3 Å². The molecule has 0 radical (unpaired) electrons. The molecule has 4 heterocycles. The van der Waals surface area contributed by atoms with Gasteiger partial charge in [0.25, 0.3) is 5.91 Å². The minimum Gasteiger partial charge on any atom is -0.494 e. The number of fused-ring (bicyclic) bond motifs is 1. The maximum Gasteiger partial charge on any atom is 0.263 e. The van der Waals surface area contributed by atoms with Gasteiger partial charge in [-0.3, -0.25) is 9.78 Å². The van der Waals surface area contributed by atoms with Crippen LogP contribution in [0.5, 0.6) is 5.75 Å². The average Bonchev–Trinajstić information content (AvgIpc) is 3.17. The number of nitrogens with one attached hydrogen (secondary N) is 1. The zero-order valence-electron chi connectivity index (χ0n) is 13.3. The number of methoxy groups -OCH3 is 1. The van der Waals surface area contributed by atoms with Crippen molar-refractivity contribution in [3.8, 4) is 16.9 Å². The molecule has 1 amide bonds. The summed E-state index contributed by atoms with van der Waals surface area (Å²) >= 11 is 12.2. The topological polar surface area (TPSA) is 77.2 Å². The van der Waals surface area contributed by atoms with E-state index in [9.17, 15) is 4.79 Å². The van der Waals surface area contributed by atoms with Crippen molar-refractivity contribution < 1.29 is 13.9 Å². The maximum atomic E-state index is 11.8. The van der Waals surface area contributed by atoms with Crippen LogP contribution in [0.3, 0.4) is 0 Å². The molecule has 0 atom stereocenters. The number of ether oxygens (including phenoxy) is 1. The Kier molecular flexibility index (Phi) is 4.39. The summed E-state index contributed by atoms with van der Waals surface area (Å²) in [5.41, 5.74) is 2.13. The largest absolute Gasteiger partial charge is 0.494 e. The minimum atomic E-state index is -0.231. The monoisotopic (exact) mass is 403 g/mol. The van der Waals surface area contributed by atoms with E-state index in [0.29, 0.717) is 26.3 Å². The van der Waals surface area contributed by atoms with E-state index < -0.39 is 0 Å². The fourth-order valence-electron chi connectivity index (χ4n) is 2.53. The number of aromatic nitrogens is 2. The zero-order chi connectivity index (χ0) is 18.3. The van der Waals surface area contributed by atoms with Crippen LogP contribution in [0, 0.1) is 0 Å². The van der Waals surface area contributed by atoms with Gasteiger partial charge in [0, 0.05) is 41.2 Å². The summed E-state index contributed by atoms with van der Waals surface area (Å²) in [7, 11) is 1.53. The lowest BCUT2D eigenvalue weighted by molar-refractivity contribution is -0.115. The molecule has 1 N–H and O–H groups in total. The highest BCUT2D eigenvalue weighted by Gasteiger charge is 2.23. The summed E-state index contributed by atoms with van der Waals surface area (Å²) in [6.45, 7) is 0. The molecular weight excluding hydrogens is 394 g/mol. The Bertz CT molecular complexity index is 1090. The van der Waals surface area contributed by atoms with Gasteiger partial charge in [-0.05, 0) is 12.1 Å². The molecule has 9 heteroatoms. The van der Waals surface area contributed by atoms with Crippen molar-refractivity contribution in [1.29, 1.82) is 0 Å². The van der Waals surface area contributed by atoms with Crippen LogP contribution in [0.2, 0.25) is 5.15 Å². The van der Waals surface area contributed by atoms with Crippen LogP contribution < -0.4 is 10.1 Å². The number of pyridine rings is 2. The van der Waals surface area contributed by atoms with Crippen molar-refractivity contribution in [2.24, 2.45) is 0 Å². The first-order valence-corrected chi connectivity index (χ1v) is 8.98. The Hall–Kier alpha value is -2.42.